The maximum absolute atomic E-state index is 12.4. The molecule has 2 fully saturated rings. The van der Waals surface area contributed by atoms with Gasteiger partial charge in [-0.25, -0.2) is 4.79 Å². The van der Waals surface area contributed by atoms with Gasteiger partial charge < -0.3 is 10.6 Å². The second-order valence-corrected chi connectivity index (χ2v) is 6.59. The fourth-order valence-electron chi connectivity index (χ4n) is 3.55. The predicted molar refractivity (Wildman–Crippen MR) is 87.2 cm³/mol. The molecule has 4 nitrogen and oxygen atoms in total. The number of hydrogen-bond donors (Lipinski definition) is 2. The zero-order valence-corrected chi connectivity index (χ0v) is 12.9. The Morgan fingerprint density at radius 2 is 2.00 bits per heavy atom. The highest BCUT2D eigenvalue weighted by molar-refractivity contribution is 6.30. The number of carbonyl (C=O) groups excluding carboxylic acids is 1. The fraction of sp³-hybridized carbons (Fsp3) is 0.353. The average molecular weight is 316 g/mol. The van der Waals surface area contributed by atoms with Gasteiger partial charge in [0.1, 0.15) is 0 Å². The Hall–Kier alpha value is -1.78. The molecular formula is C17H18ClN3O. The molecule has 0 aliphatic carbocycles. The minimum Gasteiger partial charge on any atom is -0.333 e. The first-order valence-corrected chi connectivity index (χ1v) is 8.08. The molecule has 3 heterocycles. The lowest BCUT2D eigenvalue weighted by atomic mass is 9.96. The third-order valence-electron chi connectivity index (χ3n) is 4.71. The van der Waals surface area contributed by atoms with Crippen molar-refractivity contribution in [2.24, 2.45) is 0 Å². The summed E-state index contributed by atoms with van der Waals surface area (Å²) in [4.78, 5) is 12.4. The van der Waals surface area contributed by atoms with Crippen molar-refractivity contribution >= 4 is 17.6 Å². The lowest BCUT2D eigenvalue weighted by molar-refractivity contribution is 0.236. The van der Waals surface area contributed by atoms with Crippen LogP contribution >= 0.6 is 11.6 Å². The molecule has 2 aliphatic rings. The summed E-state index contributed by atoms with van der Waals surface area (Å²) in [5, 5.41) is 7.39. The summed E-state index contributed by atoms with van der Waals surface area (Å²) in [7, 11) is 0. The summed E-state index contributed by atoms with van der Waals surface area (Å²) in [6.45, 7) is 0. The van der Waals surface area contributed by atoms with Crippen molar-refractivity contribution in [1.82, 2.24) is 15.2 Å². The summed E-state index contributed by atoms with van der Waals surface area (Å²) in [5.74, 6) is 0. The SMILES string of the molecule is O=C(NC1CC2CCC1N2)n1ccc(-c2ccc(Cl)cc2)c1. The zero-order valence-electron chi connectivity index (χ0n) is 12.1. The molecule has 2 aromatic rings. The van der Waals surface area contributed by atoms with E-state index in [4.69, 9.17) is 11.6 Å². The van der Waals surface area contributed by atoms with Crippen molar-refractivity contribution in [3.05, 3.63) is 47.7 Å². The van der Waals surface area contributed by atoms with E-state index < -0.39 is 0 Å². The monoisotopic (exact) mass is 315 g/mol. The molecule has 1 amide bonds. The molecule has 0 saturated carbocycles. The van der Waals surface area contributed by atoms with Crippen LogP contribution in [0.1, 0.15) is 19.3 Å². The predicted octanol–water partition coefficient (Wildman–Crippen LogP) is 3.26. The first kappa shape index (κ1) is 13.9. The minimum atomic E-state index is -0.0560. The number of benzene rings is 1. The van der Waals surface area contributed by atoms with Crippen LogP contribution in [-0.2, 0) is 0 Å². The quantitative estimate of drug-likeness (QED) is 0.893. The van der Waals surface area contributed by atoms with E-state index in [1.165, 1.54) is 6.42 Å². The number of amides is 1. The number of carbonyl (C=O) groups is 1. The van der Waals surface area contributed by atoms with E-state index in [2.05, 4.69) is 10.6 Å². The molecule has 1 aromatic carbocycles. The molecule has 5 heteroatoms. The number of rotatable bonds is 2. The van der Waals surface area contributed by atoms with E-state index in [9.17, 15) is 4.79 Å². The van der Waals surface area contributed by atoms with Crippen LogP contribution in [0.2, 0.25) is 5.02 Å². The first-order chi connectivity index (χ1) is 10.7. The highest BCUT2D eigenvalue weighted by Gasteiger charge is 2.39. The van der Waals surface area contributed by atoms with Gasteiger partial charge in [-0.2, -0.15) is 0 Å². The van der Waals surface area contributed by atoms with Gasteiger partial charge in [-0.05, 0) is 48.6 Å². The molecule has 2 N–H and O–H groups in total. The van der Waals surface area contributed by atoms with Crippen molar-refractivity contribution in [3.63, 3.8) is 0 Å². The molecule has 22 heavy (non-hydrogen) atoms. The third kappa shape index (κ3) is 2.53. The summed E-state index contributed by atoms with van der Waals surface area (Å²) in [6, 6.07) is 10.8. The van der Waals surface area contributed by atoms with Crippen molar-refractivity contribution in [2.45, 2.75) is 37.4 Å². The second-order valence-electron chi connectivity index (χ2n) is 6.15. The molecule has 4 rings (SSSR count). The standard InChI is InChI=1S/C17H18ClN3O/c18-13-3-1-11(2-4-13)12-7-8-21(10-12)17(22)20-16-9-14-5-6-15(16)19-14/h1-4,7-8,10,14-16,19H,5-6,9H2,(H,20,22). The number of nitrogens with one attached hydrogen (secondary N) is 2. The Balaban J connectivity index is 1.46. The van der Waals surface area contributed by atoms with Crippen LogP contribution in [0.4, 0.5) is 4.79 Å². The van der Waals surface area contributed by atoms with E-state index in [0.29, 0.717) is 17.1 Å². The minimum absolute atomic E-state index is 0.0560. The summed E-state index contributed by atoms with van der Waals surface area (Å²) >= 11 is 5.91. The van der Waals surface area contributed by atoms with Crippen LogP contribution in [0.15, 0.2) is 42.7 Å². The average Bonchev–Trinajstić information content (AvgIpc) is 3.24. The Labute approximate surface area is 134 Å². The number of aromatic nitrogens is 1. The summed E-state index contributed by atoms with van der Waals surface area (Å²) < 4.78 is 1.62. The lowest BCUT2D eigenvalue weighted by Gasteiger charge is -2.21. The highest BCUT2D eigenvalue weighted by Crippen LogP contribution is 2.28. The fourth-order valence-corrected chi connectivity index (χ4v) is 3.68. The van der Waals surface area contributed by atoms with Crippen molar-refractivity contribution in [2.75, 3.05) is 0 Å². The van der Waals surface area contributed by atoms with Gasteiger partial charge in [-0.3, -0.25) is 4.57 Å². The molecule has 0 spiro atoms. The third-order valence-corrected chi connectivity index (χ3v) is 4.97. The van der Waals surface area contributed by atoms with Gasteiger partial charge >= 0.3 is 6.03 Å². The van der Waals surface area contributed by atoms with Crippen LogP contribution in [0.3, 0.4) is 0 Å². The number of halogens is 1. The maximum Gasteiger partial charge on any atom is 0.325 e. The van der Waals surface area contributed by atoms with Gasteiger partial charge in [-0.15, -0.1) is 0 Å². The Morgan fingerprint density at radius 3 is 2.68 bits per heavy atom. The Bertz CT molecular complexity index is 694. The van der Waals surface area contributed by atoms with Crippen LogP contribution in [0, 0.1) is 0 Å². The molecule has 0 radical (unpaired) electrons. The van der Waals surface area contributed by atoms with Gasteiger partial charge in [-0.1, -0.05) is 23.7 Å². The van der Waals surface area contributed by atoms with Crippen molar-refractivity contribution in [3.8, 4) is 11.1 Å². The molecule has 2 bridgehead atoms. The first-order valence-electron chi connectivity index (χ1n) is 7.70. The van der Waals surface area contributed by atoms with Crippen LogP contribution in [0.5, 0.6) is 0 Å². The lowest BCUT2D eigenvalue weighted by Crippen LogP contribution is -2.44. The van der Waals surface area contributed by atoms with Crippen LogP contribution < -0.4 is 10.6 Å². The summed E-state index contributed by atoms with van der Waals surface area (Å²) in [5.41, 5.74) is 2.07. The largest absolute Gasteiger partial charge is 0.333 e. The number of nitrogens with zero attached hydrogens (tertiary/aromatic N) is 1. The van der Waals surface area contributed by atoms with E-state index >= 15 is 0 Å². The smallest absolute Gasteiger partial charge is 0.325 e. The van der Waals surface area contributed by atoms with Crippen LogP contribution in [-0.4, -0.2) is 28.7 Å². The summed E-state index contributed by atoms with van der Waals surface area (Å²) in [6.07, 6.45) is 7.11. The molecule has 3 atom stereocenters. The normalized spacial score (nSPS) is 26.3. The number of hydrogen-bond acceptors (Lipinski definition) is 2. The van der Waals surface area contributed by atoms with E-state index in [1.54, 1.807) is 10.8 Å². The molecule has 3 unspecified atom stereocenters. The van der Waals surface area contributed by atoms with E-state index in [1.807, 2.05) is 36.5 Å². The van der Waals surface area contributed by atoms with Crippen molar-refractivity contribution < 1.29 is 4.79 Å². The highest BCUT2D eigenvalue weighted by atomic mass is 35.5. The molecule has 2 saturated heterocycles. The van der Waals surface area contributed by atoms with Gasteiger partial charge in [0, 0.05) is 35.5 Å². The molecule has 114 valence electrons. The number of fused-ring (bicyclic) bond motifs is 2. The van der Waals surface area contributed by atoms with Gasteiger partial charge in [0.25, 0.3) is 0 Å². The van der Waals surface area contributed by atoms with E-state index in [0.717, 1.165) is 24.0 Å². The van der Waals surface area contributed by atoms with E-state index in [-0.39, 0.29) is 12.1 Å². The van der Waals surface area contributed by atoms with Gasteiger partial charge in [0.15, 0.2) is 0 Å². The van der Waals surface area contributed by atoms with Gasteiger partial charge in [0.05, 0.1) is 0 Å². The van der Waals surface area contributed by atoms with Gasteiger partial charge in [0.2, 0.25) is 0 Å². The topological polar surface area (TPSA) is 46.1 Å². The van der Waals surface area contributed by atoms with Crippen molar-refractivity contribution in [1.29, 1.82) is 0 Å². The molecular weight excluding hydrogens is 298 g/mol. The molecule has 2 aliphatic heterocycles. The molecule has 1 aromatic heterocycles. The zero-order chi connectivity index (χ0) is 15.1. The van der Waals surface area contributed by atoms with Crippen LogP contribution in [0.25, 0.3) is 11.1 Å². The second kappa shape index (κ2) is 5.45. The Morgan fingerprint density at radius 1 is 1.18 bits per heavy atom. The Kier molecular flexibility index (Phi) is 3.43. The maximum atomic E-state index is 12.4.